The second kappa shape index (κ2) is 6.82. The molecule has 4 heterocycles. The zero-order chi connectivity index (χ0) is 17.5. The Morgan fingerprint density at radius 3 is 2.77 bits per heavy atom. The van der Waals surface area contributed by atoms with Gasteiger partial charge in [-0.15, -0.1) is 0 Å². The lowest BCUT2D eigenvalue weighted by Gasteiger charge is -2.36. The van der Waals surface area contributed by atoms with Gasteiger partial charge in [-0.1, -0.05) is 18.2 Å². The molecular formula is C22H30N4. The molecule has 1 aromatic carbocycles. The second-order valence-electron chi connectivity index (χ2n) is 8.77. The summed E-state index contributed by atoms with van der Waals surface area (Å²) in [6.07, 6.45) is 10.0. The minimum absolute atomic E-state index is 0.778. The summed E-state index contributed by atoms with van der Waals surface area (Å²) in [5.74, 6) is 1.87. The summed E-state index contributed by atoms with van der Waals surface area (Å²) in [6, 6.07) is 9.25. The largest absolute Gasteiger partial charge is 0.299 e. The molecule has 2 bridgehead atoms. The average molecular weight is 351 g/mol. The standard InChI is InChI=1S/C22H30N4/c1-17-4-2-3-5-22(17)26-15-20(10-23-26)12-24-11-19-8-9-21(16-24)25(14-19)13-18-6-7-18/h2-5,10,15,18-19,21H,6-9,11-14,16H2,1H3/t19-,21+/m0/s1. The van der Waals surface area contributed by atoms with Gasteiger partial charge in [-0.2, -0.15) is 5.10 Å². The lowest BCUT2D eigenvalue weighted by molar-refractivity contribution is 0.125. The summed E-state index contributed by atoms with van der Waals surface area (Å²) in [6.45, 7) is 8.38. The molecule has 1 saturated carbocycles. The first-order valence-corrected chi connectivity index (χ1v) is 10.3. The lowest BCUT2D eigenvalue weighted by Crippen LogP contribution is -2.44. The summed E-state index contributed by atoms with van der Waals surface area (Å²) in [5, 5.41) is 4.63. The number of para-hydroxylation sites is 1. The first-order valence-electron chi connectivity index (χ1n) is 10.3. The van der Waals surface area contributed by atoms with Crippen LogP contribution in [0.25, 0.3) is 5.69 Å². The monoisotopic (exact) mass is 350 g/mol. The van der Waals surface area contributed by atoms with Crippen LogP contribution < -0.4 is 0 Å². The van der Waals surface area contributed by atoms with Crippen LogP contribution in [-0.2, 0) is 6.54 Å². The highest BCUT2D eigenvalue weighted by Gasteiger charge is 2.37. The summed E-state index contributed by atoms with van der Waals surface area (Å²) < 4.78 is 2.04. The predicted molar refractivity (Wildman–Crippen MR) is 104 cm³/mol. The SMILES string of the molecule is Cc1ccccc1-n1cc(CN2C[C@@H]3CC[C@H](C2)N(CC2CC2)C3)cn1. The van der Waals surface area contributed by atoms with E-state index in [1.807, 2.05) is 4.68 Å². The fourth-order valence-corrected chi connectivity index (χ4v) is 4.91. The van der Waals surface area contributed by atoms with Crippen LogP contribution in [0.4, 0.5) is 0 Å². The third-order valence-electron chi connectivity index (χ3n) is 6.50. The van der Waals surface area contributed by atoms with Crippen molar-refractivity contribution < 1.29 is 0 Å². The quantitative estimate of drug-likeness (QED) is 0.825. The Balaban J connectivity index is 1.27. The molecule has 3 aliphatic heterocycles. The van der Waals surface area contributed by atoms with Gasteiger partial charge in [0.1, 0.15) is 0 Å². The highest BCUT2D eigenvalue weighted by atomic mass is 15.3. The molecule has 4 fully saturated rings. The van der Waals surface area contributed by atoms with Gasteiger partial charge in [-0.05, 0) is 56.1 Å². The highest BCUT2D eigenvalue weighted by Crippen LogP contribution is 2.35. The van der Waals surface area contributed by atoms with Crippen molar-refractivity contribution in [2.24, 2.45) is 11.8 Å². The number of benzene rings is 1. The van der Waals surface area contributed by atoms with Gasteiger partial charge in [0, 0.05) is 50.5 Å². The fraction of sp³-hybridized carbons (Fsp3) is 0.591. The first-order chi connectivity index (χ1) is 12.7. The number of piperidine rings is 1. The number of aryl methyl sites for hydroxylation is 1. The molecule has 3 saturated heterocycles. The van der Waals surface area contributed by atoms with Gasteiger partial charge >= 0.3 is 0 Å². The van der Waals surface area contributed by atoms with Crippen LogP contribution in [0.5, 0.6) is 0 Å². The first kappa shape index (κ1) is 16.5. The Labute approximate surface area is 156 Å². The van der Waals surface area contributed by atoms with E-state index in [-0.39, 0.29) is 0 Å². The Morgan fingerprint density at radius 1 is 1.04 bits per heavy atom. The van der Waals surface area contributed by atoms with E-state index in [0.717, 1.165) is 24.4 Å². The molecule has 138 valence electrons. The van der Waals surface area contributed by atoms with Crippen LogP contribution in [0.2, 0.25) is 0 Å². The van der Waals surface area contributed by atoms with Crippen molar-refractivity contribution in [1.82, 2.24) is 19.6 Å². The van der Waals surface area contributed by atoms with Crippen molar-refractivity contribution in [3.8, 4) is 5.69 Å². The van der Waals surface area contributed by atoms with Crippen LogP contribution in [0.15, 0.2) is 36.7 Å². The van der Waals surface area contributed by atoms with Gasteiger partial charge in [0.15, 0.2) is 0 Å². The summed E-state index contributed by atoms with van der Waals surface area (Å²) in [5.41, 5.74) is 3.79. The molecule has 2 atom stereocenters. The Bertz CT molecular complexity index is 763. The molecule has 26 heavy (non-hydrogen) atoms. The molecule has 0 radical (unpaired) electrons. The molecule has 4 aliphatic rings. The number of fused-ring (bicyclic) bond motifs is 4. The van der Waals surface area contributed by atoms with Gasteiger partial charge in [-0.3, -0.25) is 9.80 Å². The van der Waals surface area contributed by atoms with Crippen molar-refractivity contribution in [3.63, 3.8) is 0 Å². The van der Waals surface area contributed by atoms with Gasteiger partial charge in [-0.25, -0.2) is 4.68 Å². The number of aromatic nitrogens is 2. The highest BCUT2D eigenvalue weighted by molar-refractivity contribution is 5.39. The molecule has 4 heteroatoms. The minimum atomic E-state index is 0.778. The molecule has 1 aliphatic carbocycles. The van der Waals surface area contributed by atoms with E-state index < -0.39 is 0 Å². The molecule has 6 rings (SSSR count). The Morgan fingerprint density at radius 2 is 1.92 bits per heavy atom. The van der Waals surface area contributed by atoms with Crippen LogP contribution in [0, 0.1) is 18.8 Å². The zero-order valence-electron chi connectivity index (χ0n) is 15.8. The maximum atomic E-state index is 4.63. The topological polar surface area (TPSA) is 24.3 Å². The summed E-state index contributed by atoms with van der Waals surface area (Å²) in [7, 11) is 0. The number of hydrogen-bond donors (Lipinski definition) is 0. The van der Waals surface area contributed by atoms with Crippen molar-refractivity contribution in [2.45, 2.75) is 45.2 Å². The van der Waals surface area contributed by atoms with E-state index in [0.29, 0.717) is 0 Å². The molecule has 0 N–H and O–H groups in total. The normalized spacial score (nSPS) is 27.0. The third-order valence-corrected chi connectivity index (χ3v) is 6.50. The molecule has 4 nitrogen and oxygen atoms in total. The van der Waals surface area contributed by atoms with Crippen LogP contribution >= 0.6 is 0 Å². The molecule has 0 unspecified atom stereocenters. The van der Waals surface area contributed by atoms with Gasteiger partial charge < -0.3 is 0 Å². The molecule has 0 amide bonds. The predicted octanol–water partition coefficient (Wildman–Crippen LogP) is 3.49. The maximum absolute atomic E-state index is 4.63. The van der Waals surface area contributed by atoms with Crippen molar-refractivity contribution in [3.05, 3.63) is 47.8 Å². The Hall–Kier alpha value is -1.65. The number of hydrogen-bond acceptors (Lipinski definition) is 3. The van der Waals surface area contributed by atoms with Crippen molar-refractivity contribution >= 4 is 0 Å². The smallest absolute Gasteiger partial charge is 0.0674 e. The van der Waals surface area contributed by atoms with E-state index >= 15 is 0 Å². The van der Waals surface area contributed by atoms with E-state index in [1.165, 1.54) is 68.7 Å². The zero-order valence-corrected chi connectivity index (χ0v) is 15.8. The number of rotatable bonds is 5. The lowest BCUT2D eigenvalue weighted by atomic mass is 9.95. The van der Waals surface area contributed by atoms with Crippen molar-refractivity contribution in [1.29, 1.82) is 0 Å². The van der Waals surface area contributed by atoms with E-state index in [2.05, 4.69) is 58.5 Å². The summed E-state index contributed by atoms with van der Waals surface area (Å²) >= 11 is 0. The molecule has 2 aromatic rings. The van der Waals surface area contributed by atoms with E-state index in [9.17, 15) is 0 Å². The van der Waals surface area contributed by atoms with Crippen LogP contribution in [0.3, 0.4) is 0 Å². The molecule has 0 spiro atoms. The third kappa shape index (κ3) is 3.45. The fourth-order valence-electron chi connectivity index (χ4n) is 4.91. The second-order valence-corrected chi connectivity index (χ2v) is 8.77. The van der Waals surface area contributed by atoms with Gasteiger partial charge in [0.05, 0.1) is 11.9 Å². The van der Waals surface area contributed by atoms with Crippen molar-refractivity contribution in [2.75, 3.05) is 26.2 Å². The van der Waals surface area contributed by atoms with Gasteiger partial charge in [0.2, 0.25) is 0 Å². The van der Waals surface area contributed by atoms with Crippen LogP contribution in [0.1, 0.15) is 36.8 Å². The van der Waals surface area contributed by atoms with E-state index in [1.54, 1.807) is 0 Å². The molecule has 1 aromatic heterocycles. The van der Waals surface area contributed by atoms with E-state index in [4.69, 9.17) is 0 Å². The minimum Gasteiger partial charge on any atom is -0.299 e. The molecular weight excluding hydrogens is 320 g/mol. The van der Waals surface area contributed by atoms with Gasteiger partial charge in [0.25, 0.3) is 0 Å². The number of nitrogens with zero attached hydrogens (tertiary/aromatic N) is 4. The van der Waals surface area contributed by atoms with Crippen LogP contribution in [-0.4, -0.2) is 51.8 Å². The Kier molecular flexibility index (Phi) is 4.33. The average Bonchev–Trinajstić information content (AvgIpc) is 3.39. The summed E-state index contributed by atoms with van der Waals surface area (Å²) in [4.78, 5) is 5.51. The maximum Gasteiger partial charge on any atom is 0.0674 e.